The van der Waals surface area contributed by atoms with Crippen molar-refractivity contribution >= 4 is 22.8 Å². The van der Waals surface area contributed by atoms with Gasteiger partial charge in [-0.15, -0.1) is 0 Å². The fourth-order valence-corrected chi connectivity index (χ4v) is 3.35. The maximum absolute atomic E-state index is 13.2. The molecule has 0 N–H and O–H groups in total. The molecule has 1 aliphatic heterocycles. The second-order valence-electron chi connectivity index (χ2n) is 6.60. The third kappa shape index (κ3) is 3.14. The fraction of sp³-hybridized carbons (Fsp3) is 0.316. The molecule has 0 spiro atoms. The standard InChI is InChI=1S/C19H20N6O2/c1-13(26)24-6-8-25(9-7-24)19(27)15-10-17(14-4-3-5-20-11-14)22-18-16(15)12-21-23(18)2/h3-5,10-12H,6-9H2,1-2H3. The summed E-state index contributed by atoms with van der Waals surface area (Å²) in [5, 5.41) is 4.99. The Morgan fingerprint density at radius 1 is 1.07 bits per heavy atom. The quantitative estimate of drug-likeness (QED) is 0.685. The van der Waals surface area contributed by atoms with Crippen LogP contribution in [0.1, 0.15) is 17.3 Å². The van der Waals surface area contributed by atoms with Crippen molar-refractivity contribution in [2.75, 3.05) is 26.2 Å². The predicted molar refractivity (Wildman–Crippen MR) is 99.9 cm³/mol. The monoisotopic (exact) mass is 364 g/mol. The molecule has 1 saturated heterocycles. The summed E-state index contributed by atoms with van der Waals surface area (Å²) in [6.45, 7) is 3.70. The van der Waals surface area contributed by atoms with Crippen LogP contribution in [-0.4, -0.2) is 67.5 Å². The maximum atomic E-state index is 13.2. The van der Waals surface area contributed by atoms with Gasteiger partial charge in [0.25, 0.3) is 5.91 Å². The molecular weight excluding hydrogens is 344 g/mol. The number of carbonyl (C=O) groups excluding carboxylic acids is 2. The van der Waals surface area contributed by atoms with Gasteiger partial charge in [0.2, 0.25) is 5.91 Å². The van der Waals surface area contributed by atoms with Crippen molar-refractivity contribution in [3.8, 4) is 11.3 Å². The van der Waals surface area contributed by atoms with E-state index in [1.54, 1.807) is 46.1 Å². The van der Waals surface area contributed by atoms with Gasteiger partial charge in [0, 0.05) is 58.1 Å². The average Bonchev–Trinajstić information content (AvgIpc) is 3.08. The Kier molecular flexibility index (Phi) is 4.31. The van der Waals surface area contributed by atoms with Gasteiger partial charge >= 0.3 is 0 Å². The highest BCUT2D eigenvalue weighted by Crippen LogP contribution is 2.25. The third-order valence-corrected chi connectivity index (χ3v) is 4.90. The largest absolute Gasteiger partial charge is 0.339 e. The summed E-state index contributed by atoms with van der Waals surface area (Å²) >= 11 is 0. The van der Waals surface area contributed by atoms with Crippen LogP contribution in [0.4, 0.5) is 0 Å². The second kappa shape index (κ2) is 6.79. The molecule has 0 radical (unpaired) electrons. The number of aromatic nitrogens is 4. The molecule has 1 aliphatic rings. The van der Waals surface area contributed by atoms with Gasteiger partial charge in [0.1, 0.15) is 0 Å². The lowest BCUT2D eigenvalue weighted by molar-refractivity contribution is -0.130. The van der Waals surface area contributed by atoms with Gasteiger partial charge < -0.3 is 9.80 Å². The van der Waals surface area contributed by atoms with Crippen LogP contribution in [0.15, 0.2) is 36.8 Å². The molecule has 0 bridgehead atoms. The van der Waals surface area contributed by atoms with Crippen LogP contribution in [0.3, 0.4) is 0 Å². The van der Waals surface area contributed by atoms with Crippen molar-refractivity contribution < 1.29 is 9.59 Å². The highest BCUT2D eigenvalue weighted by atomic mass is 16.2. The number of piperazine rings is 1. The molecule has 0 unspecified atom stereocenters. The molecular formula is C19H20N6O2. The second-order valence-corrected chi connectivity index (χ2v) is 6.60. The predicted octanol–water partition coefficient (Wildman–Crippen LogP) is 1.33. The Bertz CT molecular complexity index is 1010. The molecule has 4 heterocycles. The minimum absolute atomic E-state index is 0.0412. The number of carbonyl (C=O) groups is 2. The minimum atomic E-state index is -0.0660. The first-order valence-electron chi connectivity index (χ1n) is 8.82. The smallest absolute Gasteiger partial charge is 0.254 e. The van der Waals surface area contributed by atoms with Crippen molar-refractivity contribution in [3.63, 3.8) is 0 Å². The van der Waals surface area contributed by atoms with Crippen LogP contribution in [0.25, 0.3) is 22.3 Å². The average molecular weight is 364 g/mol. The normalized spacial score (nSPS) is 14.6. The molecule has 27 heavy (non-hydrogen) atoms. The number of aryl methyl sites for hydroxylation is 1. The number of hydrogen-bond acceptors (Lipinski definition) is 5. The number of fused-ring (bicyclic) bond motifs is 1. The van der Waals surface area contributed by atoms with E-state index in [0.29, 0.717) is 43.1 Å². The summed E-state index contributed by atoms with van der Waals surface area (Å²) in [5.74, 6) is -0.0248. The molecule has 8 heteroatoms. The topological polar surface area (TPSA) is 84.2 Å². The fourth-order valence-electron chi connectivity index (χ4n) is 3.35. The zero-order chi connectivity index (χ0) is 19.0. The Labute approximate surface area is 156 Å². The van der Waals surface area contributed by atoms with Gasteiger partial charge in [-0.05, 0) is 18.2 Å². The van der Waals surface area contributed by atoms with E-state index in [1.165, 1.54) is 0 Å². The summed E-state index contributed by atoms with van der Waals surface area (Å²) in [7, 11) is 1.81. The lowest BCUT2D eigenvalue weighted by Gasteiger charge is -2.34. The summed E-state index contributed by atoms with van der Waals surface area (Å²) < 4.78 is 1.67. The SMILES string of the molecule is CC(=O)N1CCN(C(=O)c2cc(-c3cccnc3)nc3c2cnn3C)CC1. The molecule has 4 rings (SSSR count). The van der Waals surface area contributed by atoms with E-state index < -0.39 is 0 Å². The van der Waals surface area contributed by atoms with Crippen LogP contribution in [0.5, 0.6) is 0 Å². The molecule has 138 valence electrons. The molecule has 3 aromatic rings. The van der Waals surface area contributed by atoms with Crippen molar-refractivity contribution in [2.45, 2.75) is 6.92 Å². The molecule has 2 amide bonds. The number of hydrogen-bond donors (Lipinski definition) is 0. The van der Waals surface area contributed by atoms with Crippen molar-refractivity contribution in [1.82, 2.24) is 29.5 Å². The summed E-state index contributed by atoms with van der Waals surface area (Å²) in [6, 6.07) is 5.56. The van der Waals surface area contributed by atoms with Crippen molar-refractivity contribution in [3.05, 3.63) is 42.4 Å². The van der Waals surface area contributed by atoms with Gasteiger partial charge in [0.15, 0.2) is 5.65 Å². The molecule has 0 aromatic carbocycles. The van der Waals surface area contributed by atoms with E-state index in [2.05, 4.69) is 15.1 Å². The molecule has 0 aliphatic carbocycles. The Balaban J connectivity index is 1.72. The Hall–Kier alpha value is -3.29. The van der Waals surface area contributed by atoms with Crippen LogP contribution < -0.4 is 0 Å². The maximum Gasteiger partial charge on any atom is 0.254 e. The molecule has 0 saturated carbocycles. The highest BCUT2D eigenvalue weighted by Gasteiger charge is 2.26. The van der Waals surface area contributed by atoms with Crippen LogP contribution in [0.2, 0.25) is 0 Å². The first-order valence-corrected chi connectivity index (χ1v) is 8.82. The lowest BCUT2D eigenvalue weighted by atomic mass is 10.1. The van der Waals surface area contributed by atoms with Gasteiger partial charge in [0.05, 0.1) is 22.8 Å². The zero-order valence-corrected chi connectivity index (χ0v) is 15.3. The van der Waals surface area contributed by atoms with Gasteiger partial charge in [-0.3, -0.25) is 19.3 Å². The van der Waals surface area contributed by atoms with E-state index >= 15 is 0 Å². The lowest BCUT2D eigenvalue weighted by Crippen LogP contribution is -2.50. The van der Waals surface area contributed by atoms with E-state index in [-0.39, 0.29) is 11.8 Å². The number of nitrogens with zero attached hydrogens (tertiary/aromatic N) is 6. The number of amides is 2. The van der Waals surface area contributed by atoms with E-state index in [1.807, 2.05) is 19.2 Å². The third-order valence-electron chi connectivity index (χ3n) is 4.90. The van der Waals surface area contributed by atoms with Gasteiger partial charge in [-0.25, -0.2) is 4.98 Å². The summed E-state index contributed by atoms with van der Waals surface area (Å²) in [4.78, 5) is 37.1. The zero-order valence-electron chi connectivity index (χ0n) is 15.3. The number of pyridine rings is 2. The summed E-state index contributed by atoms with van der Waals surface area (Å²) in [6.07, 6.45) is 5.10. The van der Waals surface area contributed by atoms with Crippen LogP contribution in [0, 0.1) is 0 Å². The van der Waals surface area contributed by atoms with Gasteiger partial charge in [-0.1, -0.05) is 0 Å². The first-order chi connectivity index (χ1) is 13.0. The molecule has 3 aromatic heterocycles. The van der Waals surface area contributed by atoms with E-state index in [0.717, 1.165) is 10.9 Å². The van der Waals surface area contributed by atoms with Crippen molar-refractivity contribution in [1.29, 1.82) is 0 Å². The molecule has 1 fully saturated rings. The van der Waals surface area contributed by atoms with Crippen LogP contribution >= 0.6 is 0 Å². The van der Waals surface area contributed by atoms with E-state index in [9.17, 15) is 9.59 Å². The van der Waals surface area contributed by atoms with E-state index in [4.69, 9.17) is 0 Å². The highest BCUT2D eigenvalue weighted by molar-refractivity contribution is 6.06. The molecule has 8 nitrogen and oxygen atoms in total. The van der Waals surface area contributed by atoms with Crippen LogP contribution in [-0.2, 0) is 11.8 Å². The van der Waals surface area contributed by atoms with Crippen molar-refractivity contribution in [2.24, 2.45) is 7.05 Å². The number of rotatable bonds is 2. The Morgan fingerprint density at radius 3 is 2.48 bits per heavy atom. The Morgan fingerprint density at radius 2 is 1.81 bits per heavy atom. The minimum Gasteiger partial charge on any atom is -0.339 e. The first kappa shape index (κ1) is 17.1. The van der Waals surface area contributed by atoms with Gasteiger partial charge in [-0.2, -0.15) is 5.10 Å². The summed E-state index contributed by atoms with van der Waals surface area (Å²) in [5.41, 5.74) is 2.76. The molecule has 0 atom stereocenters.